The number of hydrogen-bond acceptors (Lipinski definition) is 2. The Morgan fingerprint density at radius 3 is 2.62 bits per heavy atom. The van der Waals surface area contributed by atoms with Gasteiger partial charge in [0.1, 0.15) is 11.4 Å². The SMILES string of the molecule is Cc1ccnn1-c1ccccc1O. The Labute approximate surface area is 76.3 Å². The van der Waals surface area contributed by atoms with Gasteiger partial charge in [-0.25, -0.2) is 4.68 Å². The van der Waals surface area contributed by atoms with E-state index in [4.69, 9.17) is 0 Å². The number of phenolic OH excluding ortho intramolecular Hbond substituents is 1. The Bertz CT molecular complexity index is 420. The van der Waals surface area contributed by atoms with Crippen LogP contribution in [0.15, 0.2) is 36.5 Å². The Morgan fingerprint density at radius 1 is 1.23 bits per heavy atom. The summed E-state index contributed by atoms with van der Waals surface area (Å²) in [7, 11) is 0. The lowest BCUT2D eigenvalue weighted by molar-refractivity contribution is 0.470. The Balaban J connectivity index is 2.59. The Kier molecular flexibility index (Phi) is 1.77. The van der Waals surface area contributed by atoms with Gasteiger partial charge < -0.3 is 5.11 Å². The average Bonchev–Trinajstić information content (AvgIpc) is 2.52. The molecule has 0 saturated carbocycles. The molecule has 0 aliphatic heterocycles. The number of aromatic nitrogens is 2. The van der Waals surface area contributed by atoms with E-state index in [2.05, 4.69) is 5.10 Å². The van der Waals surface area contributed by atoms with Crippen molar-refractivity contribution in [1.82, 2.24) is 9.78 Å². The van der Waals surface area contributed by atoms with E-state index in [-0.39, 0.29) is 5.75 Å². The number of benzene rings is 1. The summed E-state index contributed by atoms with van der Waals surface area (Å²) >= 11 is 0. The van der Waals surface area contributed by atoms with Crippen LogP contribution in [0.25, 0.3) is 5.69 Å². The van der Waals surface area contributed by atoms with Crippen molar-refractivity contribution < 1.29 is 5.11 Å². The van der Waals surface area contributed by atoms with Crippen LogP contribution in [0.4, 0.5) is 0 Å². The van der Waals surface area contributed by atoms with Crippen LogP contribution < -0.4 is 0 Å². The minimum atomic E-state index is 0.245. The van der Waals surface area contributed by atoms with Crippen molar-refractivity contribution in [2.75, 3.05) is 0 Å². The van der Waals surface area contributed by atoms with Gasteiger partial charge in [-0.1, -0.05) is 12.1 Å². The Hall–Kier alpha value is -1.77. The third-order valence-electron chi connectivity index (χ3n) is 1.94. The lowest BCUT2D eigenvalue weighted by Crippen LogP contribution is -1.98. The largest absolute Gasteiger partial charge is 0.506 e. The maximum Gasteiger partial charge on any atom is 0.141 e. The van der Waals surface area contributed by atoms with Crippen LogP contribution >= 0.6 is 0 Å². The average molecular weight is 174 g/mol. The van der Waals surface area contributed by atoms with Gasteiger partial charge in [-0.2, -0.15) is 5.10 Å². The molecule has 0 bridgehead atoms. The highest BCUT2D eigenvalue weighted by atomic mass is 16.3. The first-order valence-electron chi connectivity index (χ1n) is 4.08. The molecule has 1 aromatic heterocycles. The second kappa shape index (κ2) is 2.94. The molecule has 0 aliphatic carbocycles. The molecule has 0 aliphatic rings. The van der Waals surface area contributed by atoms with Crippen LogP contribution in [0.1, 0.15) is 5.69 Å². The minimum Gasteiger partial charge on any atom is -0.506 e. The standard InChI is InChI=1S/C10H10N2O/c1-8-6-7-11-12(8)9-4-2-3-5-10(9)13/h2-7,13H,1H3. The lowest BCUT2D eigenvalue weighted by atomic mass is 10.3. The van der Waals surface area contributed by atoms with E-state index in [0.717, 1.165) is 5.69 Å². The van der Waals surface area contributed by atoms with E-state index in [1.807, 2.05) is 25.1 Å². The van der Waals surface area contributed by atoms with Gasteiger partial charge >= 0.3 is 0 Å². The predicted molar refractivity (Wildman–Crippen MR) is 50.0 cm³/mol. The fourth-order valence-electron chi connectivity index (χ4n) is 1.27. The summed E-state index contributed by atoms with van der Waals surface area (Å²) in [6.45, 7) is 1.94. The molecular formula is C10H10N2O. The Morgan fingerprint density at radius 2 is 2.00 bits per heavy atom. The number of para-hydroxylation sites is 2. The minimum absolute atomic E-state index is 0.245. The van der Waals surface area contributed by atoms with Crippen LogP contribution in [-0.4, -0.2) is 14.9 Å². The highest BCUT2D eigenvalue weighted by molar-refractivity contribution is 5.45. The van der Waals surface area contributed by atoms with Gasteiger partial charge in [0.25, 0.3) is 0 Å². The first-order chi connectivity index (χ1) is 6.29. The fraction of sp³-hybridized carbons (Fsp3) is 0.100. The zero-order chi connectivity index (χ0) is 9.26. The molecule has 3 heteroatoms. The van der Waals surface area contributed by atoms with Crippen molar-refractivity contribution in [2.24, 2.45) is 0 Å². The molecule has 0 amide bonds. The van der Waals surface area contributed by atoms with E-state index >= 15 is 0 Å². The van der Waals surface area contributed by atoms with Crippen molar-refractivity contribution in [3.63, 3.8) is 0 Å². The lowest BCUT2D eigenvalue weighted by Gasteiger charge is -2.05. The van der Waals surface area contributed by atoms with Gasteiger partial charge in [-0.05, 0) is 25.1 Å². The maximum absolute atomic E-state index is 9.55. The van der Waals surface area contributed by atoms with Gasteiger partial charge in [0.15, 0.2) is 0 Å². The first kappa shape index (κ1) is 7.86. The molecule has 0 saturated heterocycles. The molecule has 1 heterocycles. The summed E-state index contributed by atoms with van der Waals surface area (Å²) in [5.41, 5.74) is 1.71. The van der Waals surface area contributed by atoms with Gasteiger partial charge in [0, 0.05) is 11.9 Å². The van der Waals surface area contributed by atoms with Crippen LogP contribution in [0.5, 0.6) is 5.75 Å². The van der Waals surface area contributed by atoms with Crippen LogP contribution in [0.3, 0.4) is 0 Å². The van der Waals surface area contributed by atoms with Gasteiger partial charge in [0.2, 0.25) is 0 Å². The van der Waals surface area contributed by atoms with E-state index < -0.39 is 0 Å². The van der Waals surface area contributed by atoms with Crippen molar-refractivity contribution >= 4 is 0 Å². The fourth-order valence-corrected chi connectivity index (χ4v) is 1.27. The maximum atomic E-state index is 9.55. The third-order valence-corrected chi connectivity index (χ3v) is 1.94. The van der Waals surface area contributed by atoms with Crippen molar-refractivity contribution in [3.05, 3.63) is 42.2 Å². The number of hydrogen-bond donors (Lipinski definition) is 1. The topological polar surface area (TPSA) is 38.0 Å². The molecule has 0 radical (unpaired) electrons. The van der Waals surface area contributed by atoms with Gasteiger partial charge in [-0.15, -0.1) is 0 Å². The second-order valence-electron chi connectivity index (χ2n) is 2.87. The first-order valence-corrected chi connectivity index (χ1v) is 4.08. The number of rotatable bonds is 1. The number of phenols is 1. The zero-order valence-corrected chi connectivity index (χ0v) is 7.31. The van der Waals surface area contributed by atoms with Crippen molar-refractivity contribution in [1.29, 1.82) is 0 Å². The summed E-state index contributed by atoms with van der Waals surface area (Å²) in [6.07, 6.45) is 1.71. The van der Waals surface area contributed by atoms with Gasteiger partial charge in [-0.3, -0.25) is 0 Å². The molecule has 1 N–H and O–H groups in total. The zero-order valence-electron chi connectivity index (χ0n) is 7.31. The summed E-state index contributed by atoms with van der Waals surface area (Å²) in [5, 5.41) is 13.6. The van der Waals surface area contributed by atoms with Crippen LogP contribution in [0.2, 0.25) is 0 Å². The van der Waals surface area contributed by atoms with Crippen molar-refractivity contribution in [3.8, 4) is 11.4 Å². The van der Waals surface area contributed by atoms with Gasteiger partial charge in [0.05, 0.1) is 0 Å². The molecule has 0 atom stereocenters. The van der Waals surface area contributed by atoms with E-state index in [0.29, 0.717) is 5.69 Å². The molecular weight excluding hydrogens is 164 g/mol. The van der Waals surface area contributed by atoms with Crippen molar-refractivity contribution in [2.45, 2.75) is 6.92 Å². The number of nitrogens with zero attached hydrogens (tertiary/aromatic N) is 2. The van der Waals surface area contributed by atoms with E-state index in [1.54, 1.807) is 23.0 Å². The molecule has 0 unspecified atom stereocenters. The normalized spacial score (nSPS) is 10.2. The number of aromatic hydroxyl groups is 1. The molecule has 66 valence electrons. The molecule has 2 aromatic rings. The number of aryl methyl sites for hydroxylation is 1. The highest BCUT2D eigenvalue weighted by Crippen LogP contribution is 2.20. The predicted octanol–water partition coefficient (Wildman–Crippen LogP) is 1.89. The molecule has 0 spiro atoms. The molecule has 13 heavy (non-hydrogen) atoms. The summed E-state index contributed by atoms with van der Waals surface area (Å²) in [4.78, 5) is 0. The van der Waals surface area contributed by atoms with E-state index in [1.165, 1.54) is 0 Å². The smallest absolute Gasteiger partial charge is 0.141 e. The van der Waals surface area contributed by atoms with Crippen LogP contribution in [0, 0.1) is 6.92 Å². The molecule has 1 aromatic carbocycles. The monoisotopic (exact) mass is 174 g/mol. The van der Waals surface area contributed by atoms with Crippen LogP contribution in [-0.2, 0) is 0 Å². The second-order valence-corrected chi connectivity index (χ2v) is 2.87. The third kappa shape index (κ3) is 1.28. The summed E-state index contributed by atoms with van der Waals surface area (Å²) in [5.74, 6) is 0.245. The summed E-state index contributed by atoms with van der Waals surface area (Å²) in [6, 6.07) is 9.03. The quantitative estimate of drug-likeness (QED) is 0.716. The highest BCUT2D eigenvalue weighted by Gasteiger charge is 2.04. The van der Waals surface area contributed by atoms with E-state index in [9.17, 15) is 5.11 Å². The summed E-state index contributed by atoms with van der Waals surface area (Å²) < 4.78 is 1.70. The molecule has 2 rings (SSSR count). The molecule has 0 fully saturated rings. The molecule has 3 nitrogen and oxygen atoms in total.